The van der Waals surface area contributed by atoms with Crippen LogP contribution in [0.2, 0.25) is 0 Å². The molecule has 3 rings (SSSR count). The number of para-hydroxylation sites is 1. The molecule has 138 valence electrons. The largest absolute Gasteiger partial charge is 0.483 e. The van der Waals surface area contributed by atoms with Gasteiger partial charge in [-0.05, 0) is 29.3 Å². The number of aromatic amines is 1. The fraction of sp³-hybridized carbons (Fsp3) is 0.0500. The van der Waals surface area contributed by atoms with Crippen LogP contribution < -0.4 is 16.0 Å². The zero-order valence-corrected chi connectivity index (χ0v) is 14.3. The molecule has 0 aliphatic rings. The van der Waals surface area contributed by atoms with Gasteiger partial charge in [-0.2, -0.15) is 10.5 Å². The minimum absolute atomic E-state index is 0.0469. The normalized spacial score (nSPS) is 10.1. The fourth-order valence-corrected chi connectivity index (χ4v) is 2.72. The molecule has 28 heavy (non-hydrogen) atoms. The molecule has 8 heteroatoms. The molecule has 0 amide bonds. The molecular formula is C20H12F2N4O2. The number of nitriles is 2. The zero-order chi connectivity index (χ0) is 20.3. The number of nitrogens with two attached hydrogens (primary N) is 1. The average Bonchev–Trinajstić information content (AvgIpc) is 2.67. The summed E-state index contributed by atoms with van der Waals surface area (Å²) in [5, 5.41) is 18.7. The van der Waals surface area contributed by atoms with Gasteiger partial charge in [-0.15, -0.1) is 0 Å². The van der Waals surface area contributed by atoms with E-state index in [0.29, 0.717) is 11.1 Å². The number of ether oxygens (including phenoxy) is 1. The van der Waals surface area contributed by atoms with E-state index in [1.54, 1.807) is 30.3 Å². The summed E-state index contributed by atoms with van der Waals surface area (Å²) in [6.07, 6.45) is 0. The van der Waals surface area contributed by atoms with Crippen molar-refractivity contribution in [2.45, 2.75) is 6.61 Å². The Morgan fingerprint density at radius 1 is 1.04 bits per heavy atom. The number of anilines is 1. The van der Waals surface area contributed by atoms with Gasteiger partial charge in [0.05, 0.1) is 0 Å². The van der Waals surface area contributed by atoms with Gasteiger partial charge in [0.1, 0.15) is 35.7 Å². The summed E-state index contributed by atoms with van der Waals surface area (Å²) in [4.78, 5) is 14.3. The van der Waals surface area contributed by atoms with Gasteiger partial charge in [0.2, 0.25) is 0 Å². The van der Waals surface area contributed by atoms with E-state index in [0.717, 1.165) is 12.1 Å². The maximum absolute atomic E-state index is 13.7. The summed E-state index contributed by atoms with van der Waals surface area (Å²) in [7, 11) is 0. The molecule has 0 saturated carbocycles. The first-order chi connectivity index (χ1) is 13.5. The number of pyridine rings is 1. The van der Waals surface area contributed by atoms with Gasteiger partial charge in [0.25, 0.3) is 5.56 Å². The molecule has 0 aliphatic carbocycles. The molecule has 0 radical (unpaired) electrons. The van der Waals surface area contributed by atoms with E-state index in [2.05, 4.69) is 4.98 Å². The Morgan fingerprint density at radius 2 is 1.68 bits per heavy atom. The highest BCUT2D eigenvalue weighted by Crippen LogP contribution is 2.29. The number of benzene rings is 2. The second-order valence-electron chi connectivity index (χ2n) is 5.76. The second-order valence-corrected chi connectivity index (χ2v) is 5.76. The molecule has 2 aromatic carbocycles. The van der Waals surface area contributed by atoms with Crippen molar-refractivity contribution in [2.24, 2.45) is 0 Å². The third kappa shape index (κ3) is 3.39. The maximum Gasteiger partial charge on any atom is 0.268 e. The highest BCUT2D eigenvalue weighted by molar-refractivity contribution is 5.80. The summed E-state index contributed by atoms with van der Waals surface area (Å²) in [6, 6.07) is 13.4. The van der Waals surface area contributed by atoms with Crippen molar-refractivity contribution in [2.75, 3.05) is 5.73 Å². The first-order valence-electron chi connectivity index (χ1n) is 7.98. The average molecular weight is 378 g/mol. The third-order valence-corrected chi connectivity index (χ3v) is 3.99. The van der Waals surface area contributed by atoms with Crippen LogP contribution >= 0.6 is 0 Å². The van der Waals surface area contributed by atoms with Crippen molar-refractivity contribution in [1.82, 2.24) is 4.98 Å². The van der Waals surface area contributed by atoms with E-state index in [1.807, 2.05) is 6.07 Å². The lowest BCUT2D eigenvalue weighted by Gasteiger charge is -2.11. The number of hydrogen-bond acceptors (Lipinski definition) is 5. The molecule has 1 aromatic heterocycles. The first-order valence-corrected chi connectivity index (χ1v) is 7.98. The third-order valence-electron chi connectivity index (χ3n) is 3.99. The standard InChI is InChI=1S/C20H12F2N4O2/c21-15-5-2-6-16(22)18(15)28-10-11-3-1-4-12(7-11)17-13(8-23)19(25)26-20(27)14(17)9-24/h1-7H,10H2,(H3,25,26,27). The molecule has 0 fully saturated rings. The molecule has 6 nitrogen and oxygen atoms in total. The predicted molar refractivity (Wildman–Crippen MR) is 97.0 cm³/mol. The minimum atomic E-state index is -0.836. The molecule has 0 spiro atoms. The van der Waals surface area contributed by atoms with Gasteiger partial charge in [-0.1, -0.05) is 24.3 Å². The lowest BCUT2D eigenvalue weighted by Crippen LogP contribution is -2.16. The highest BCUT2D eigenvalue weighted by Gasteiger charge is 2.18. The molecule has 0 aliphatic heterocycles. The van der Waals surface area contributed by atoms with E-state index in [9.17, 15) is 24.1 Å². The summed E-state index contributed by atoms with van der Waals surface area (Å²) >= 11 is 0. The highest BCUT2D eigenvalue weighted by atomic mass is 19.1. The van der Waals surface area contributed by atoms with Crippen molar-refractivity contribution >= 4 is 5.82 Å². The van der Waals surface area contributed by atoms with Crippen LogP contribution in [0.3, 0.4) is 0 Å². The van der Waals surface area contributed by atoms with Gasteiger partial charge in [-0.25, -0.2) is 8.78 Å². The number of nitrogens with zero attached hydrogens (tertiary/aromatic N) is 2. The lowest BCUT2D eigenvalue weighted by molar-refractivity contribution is 0.274. The molecule has 0 bridgehead atoms. The van der Waals surface area contributed by atoms with Crippen molar-refractivity contribution in [3.8, 4) is 29.0 Å². The fourth-order valence-electron chi connectivity index (χ4n) is 2.72. The first kappa shape index (κ1) is 18.6. The smallest absolute Gasteiger partial charge is 0.268 e. The molecule has 0 atom stereocenters. The Hall–Kier alpha value is -4.17. The van der Waals surface area contributed by atoms with Crippen molar-refractivity contribution in [1.29, 1.82) is 10.5 Å². The molecular weight excluding hydrogens is 366 g/mol. The number of nitrogen functional groups attached to an aromatic ring is 1. The molecule has 1 heterocycles. The minimum Gasteiger partial charge on any atom is -0.483 e. The van der Waals surface area contributed by atoms with Gasteiger partial charge in [0, 0.05) is 5.56 Å². The van der Waals surface area contributed by atoms with E-state index < -0.39 is 22.9 Å². The molecule has 0 saturated heterocycles. The Kier molecular flexibility index (Phi) is 5.05. The second kappa shape index (κ2) is 7.60. The maximum atomic E-state index is 13.7. The van der Waals surface area contributed by atoms with E-state index >= 15 is 0 Å². The van der Waals surface area contributed by atoms with Crippen LogP contribution in [0.1, 0.15) is 16.7 Å². The Morgan fingerprint density at radius 3 is 2.32 bits per heavy atom. The Labute approximate surface area is 158 Å². The summed E-state index contributed by atoms with van der Waals surface area (Å²) in [6.45, 7) is -0.172. The van der Waals surface area contributed by atoms with Gasteiger partial charge < -0.3 is 15.5 Å². The summed E-state index contributed by atoms with van der Waals surface area (Å²) in [5.41, 5.74) is 5.65. The van der Waals surface area contributed by atoms with E-state index in [-0.39, 0.29) is 29.1 Å². The van der Waals surface area contributed by atoms with Gasteiger partial charge in [-0.3, -0.25) is 4.79 Å². The van der Waals surface area contributed by atoms with Crippen molar-refractivity contribution < 1.29 is 13.5 Å². The van der Waals surface area contributed by atoms with Crippen LogP contribution in [0.15, 0.2) is 47.3 Å². The molecule has 3 N–H and O–H groups in total. The van der Waals surface area contributed by atoms with E-state index in [1.165, 1.54) is 6.07 Å². The van der Waals surface area contributed by atoms with Crippen LogP contribution in [0.5, 0.6) is 5.75 Å². The lowest BCUT2D eigenvalue weighted by atomic mass is 9.95. The van der Waals surface area contributed by atoms with E-state index in [4.69, 9.17) is 10.5 Å². The number of hydrogen-bond donors (Lipinski definition) is 2. The Bertz CT molecular complexity index is 1190. The number of nitrogens with one attached hydrogen (secondary N) is 1. The zero-order valence-electron chi connectivity index (χ0n) is 14.3. The number of halogens is 2. The van der Waals surface area contributed by atoms with Gasteiger partial charge >= 0.3 is 0 Å². The van der Waals surface area contributed by atoms with Gasteiger partial charge in [0.15, 0.2) is 17.4 Å². The van der Waals surface area contributed by atoms with Crippen molar-refractivity contribution in [3.05, 3.63) is 81.1 Å². The molecule has 0 unspecified atom stereocenters. The summed E-state index contributed by atoms with van der Waals surface area (Å²) in [5.74, 6) is -2.34. The predicted octanol–water partition coefficient (Wildman–Crippen LogP) is 3.22. The number of H-pyrrole nitrogens is 1. The van der Waals surface area contributed by atoms with Crippen LogP contribution in [-0.4, -0.2) is 4.98 Å². The van der Waals surface area contributed by atoms with Crippen LogP contribution in [0.25, 0.3) is 11.1 Å². The van der Waals surface area contributed by atoms with Crippen LogP contribution in [0, 0.1) is 34.3 Å². The van der Waals surface area contributed by atoms with Crippen LogP contribution in [0.4, 0.5) is 14.6 Å². The topological polar surface area (TPSA) is 116 Å². The summed E-state index contributed by atoms with van der Waals surface area (Å²) < 4.78 is 32.6. The SMILES string of the molecule is N#Cc1c(N)[nH]c(=O)c(C#N)c1-c1cccc(COc2c(F)cccc2F)c1. The Balaban J connectivity index is 2.03. The van der Waals surface area contributed by atoms with Crippen molar-refractivity contribution in [3.63, 3.8) is 0 Å². The molecule has 3 aromatic rings. The number of aromatic nitrogens is 1. The quantitative estimate of drug-likeness (QED) is 0.723. The van der Waals surface area contributed by atoms with Crippen LogP contribution in [-0.2, 0) is 6.61 Å². The number of rotatable bonds is 4. The monoisotopic (exact) mass is 378 g/mol.